The van der Waals surface area contributed by atoms with Gasteiger partial charge in [-0.25, -0.2) is 0 Å². The molecule has 1 amide bonds. The number of rotatable bonds is 10. The molecule has 0 aliphatic rings. The van der Waals surface area contributed by atoms with Gasteiger partial charge >= 0.3 is 0 Å². The summed E-state index contributed by atoms with van der Waals surface area (Å²) in [7, 11) is 3.69. The largest absolute Gasteiger partial charge is 0.497 e. The van der Waals surface area contributed by atoms with Gasteiger partial charge in [-0.05, 0) is 48.7 Å². The van der Waals surface area contributed by atoms with E-state index in [1.807, 2.05) is 43.4 Å². The molecule has 29 heavy (non-hydrogen) atoms. The highest BCUT2D eigenvalue weighted by molar-refractivity contribution is 5.79. The average molecular weight is 399 g/mol. The second-order valence-electron chi connectivity index (χ2n) is 6.59. The van der Waals surface area contributed by atoms with Gasteiger partial charge in [0.15, 0.2) is 12.6 Å². The van der Waals surface area contributed by atoms with Gasteiger partial charge < -0.3 is 25.4 Å². The number of nitrogens with zero attached hydrogens (tertiary/aromatic N) is 2. The molecule has 0 saturated carbocycles. The van der Waals surface area contributed by atoms with Crippen LogP contribution in [0.2, 0.25) is 0 Å². The number of carbonyl (C=O) groups excluding carboxylic acids is 1. The van der Waals surface area contributed by atoms with Gasteiger partial charge in [0, 0.05) is 26.7 Å². The van der Waals surface area contributed by atoms with Crippen LogP contribution in [0.3, 0.4) is 0 Å². The third-order valence-corrected chi connectivity index (χ3v) is 4.24. The van der Waals surface area contributed by atoms with E-state index in [4.69, 9.17) is 20.2 Å². The van der Waals surface area contributed by atoms with Crippen LogP contribution in [0, 0.1) is 0 Å². The first-order valence-electron chi connectivity index (χ1n) is 9.64. The zero-order valence-corrected chi connectivity index (χ0v) is 17.4. The molecular weight excluding hydrogens is 368 g/mol. The third-order valence-electron chi connectivity index (χ3n) is 4.24. The minimum Gasteiger partial charge on any atom is -0.497 e. The molecule has 7 nitrogen and oxygen atoms in total. The summed E-state index contributed by atoms with van der Waals surface area (Å²) in [5.41, 5.74) is 7.41. The number of primary amides is 1. The van der Waals surface area contributed by atoms with E-state index in [1.165, 1.54) is 5.56 Å². The molecular formula is C22H30N4O3. The smallest absolute Gasteiger partial charge is 0.255 e. The normalized spacial score (nSPS) is 11.1. The van der Waals surface area contributed by atoms with Crippen molar-refractivity contribution in [2.75, 3.05) is 33.9 Å². The highest BCUT2D eigenvalue weighted by Gasteiger charge is 2.07. The van der Waals surface area contributed by atoms with Gasteiger partial charge in [-0.2, -0.15) is 0 Å². The highest BCUT2D eigenvalue weighted by atomic mass is 16.5. The molecule has 0 aliphatic heterocycles. The summed E-state index contributed by atoms with van der Waals surface area (Å²) in [6.45, 7) is 4.16. The predicted molar refractivity (Wildman–Crippen MR) is 115 cm³/mol. The number of carbonyl (C=O) groups is 1. The van der Waals surface area contributed by atoms with Crippen molar-refractivity contribution in [3.63, 3.8) is 0 Å². The molecule has 0 unspecified atom stereocenters. The number of aliphatic imine (C=N–C) groups is 1. The van der Waals surface area contributed by atoms with E-state index in [0.29, 0.717) is 12.3 Å². The Labute approximate surface area is 172 Å². The van der Waals surface area contributed by atoms with E-state index >= 15 is 0 Å². The van der Waals surface area contributed by atoms with Gasteiger partial charge in [-0.3, -0.25) is 9.79 Å². The Morgan fingerprint density at radius 2 is 1.69 bits per heavy atom. The van der Waals surface area contributed by atoms with E-state index in [2.05, 4.69) is 29.3 Å². The number of nitrogens with one attached hydrogen (secondary N) is 1. The van der Waals surface area contributed by atoms with Crippen molar-refractivity contribution >= 4 is 11.9 Å². The van der Waals surface area contributed by atoms with Crippen molar-refractivity contribution in [1.82, 2.24) is 10.2 Å². The van der Waals surface area contributed by atoms with Gasteiger partial charge in [0.2, 0.25) is 0 Å². The molecule has 0 aliphatic carbocycles. The number of guanidine groups is 1. The molecule has 0 bridgehead atoms. The molecule has 0 atom stereocenters. The Hall–Kier alpha value is -3.22. The zero-order chi connectivity index (χ0) is 21.1. The highest BCUT2D eigenvalue weighted by Crippen LogP contribution is 2.14. The molecule has 0 fully saturated rings. The van der Waals surface area contributed by atoms with Gasteiger partial charge in [0.25, 0.3) is 5.91 Å². The van der Waals surface area contributed by atoms with Crippen LogP contribution in [-0.2, 0) is 17.8 Å². The lowest BCUT2D eigenvalue weighted by atomic mass is 10.1. The number of methoxy groups -OCH3 is 1. The molecule has 2 aromatic rings. The van der Waals surface area contributed by atoms with Crippen molar-refractivity contribution in [2.24, 2.45) is 10.7 Å². The molecule has 0 heterocycles. The van der Waals surface area contributed by atoms with Crippen molar-refractivity contribution in [1.29, 1.82) is 0 Å². The number of hydrogen-bond donors (Lipinski definition) is 2. The van der Waals surface area contributed by atoms with E-state index in [9.17, 15) is 4.79 Å². The maximum atomic E-state index is 10.8. The molecule has 2 rings (SSSR count). The van der Waals surface area contributed by atoms with Crippen molar-refractivity contribution in [3.8, 4) is 11.5 Å². The van der Waals surface area contributed by atoms with Crippen molar-refractivity contribution in [2.45, 2.75) is 19.9 Å². The number of amides is 1. The fourth-order valence-corrected chi connectivity index (χ4v) is 2.75. The van der Waals surface area contributed by atoms with Crippen LogP contribution in [0.15, 0.2) is 53.5 Å². The van der Waals surface area contributed by atoms with E-state index in [-0.39, 0.29) is 6.61 Å². The molecule has 7 heteroatoms. The average Bonchev–Trinajstić information content (AvgIpc) is 2.73. The zero-order valence-electron chi connectivity index (χ0n) is 17.4. The predicted octanol–water partition coefficient (Wildman–Crippen LogP) is 2.20. The summed E-state index contributed by atoms with van der Waals surface area (Å²) >= 11 is 0. The number of nitrogens with two attached hydrogens (primary N) is 1. The Bertz CT molecular complexity index is 789. The summed E-state index contributed by atoms with van der Waals surface area (Å²) in [5, 5.41) is 3.34. The summed E-state index contributed by atoms with van der Waals surface area (Å²) < 4.78 is 10.5. The van der Waals surface area contributed by atoms with E-state index in [1.54, 1.807) is 7.11 Å². The fraction of sp³-hybridized carbons (Fsp3) is 0.364. The Balaban J connectivity index is 1.90. The van der Waals surface area contributed by atoms with Crippen molar-refractivity contribution < 1.29 is 14.3 Å². The Morgan fingerprint density at radius 1 is 1.07 bits per heavy atom. The first-order chi connectivity index (χ1) is 14.0. The second-order valence-corrected chi connectivity index (χ2v) is 6.59. The third kappa shape index (κ3) is 7.73. The van der Waals surface area contributed by atoms with E-state index < -0.39 is 5.91 Å². The SMILES string of the molecule is CCNC(=NCCc1ccc(OCC(N)=O)cc1)N(C)Cc1ccc(OC)cc1. The van der Waals surface area contributed by atoms with Crippen LogP contribution in [0.1, 0.15) is 18.1 Å². The minimum absolute atomic E-state index is 0.115. The molecule has 0 spiro atoms. The Kier molecular flexibility index (Phi) is 8.82. The first-order valence-corrected chi connectivity index (χ1v) is 9.64. The summed E-state index contributed by atoms with van der Waals surface area (Å²) in [4.78, 5) is 17.6. The minimum atomic E-state index is -0.488. The number of ether oxygens (including phenoxy) is 2. The lowest BCUT2D eigenvalue weighted by Crippen LogP contribution is -2.38. The maximum absolute atomic E-state index is 10.8. The fourth-order valence-electron chi connectivity index (χ4n) is 2.75. The quantitative estimate of drug-likeness (QED) is 0.473. The van der Waals surface area contributed by atoms with Gasteiger partial charge in [-0.1, -0.05) is 24.3 Å². The van der Waals surface area contributed by atoms with Crippen LogP contribution < -0.4 is 20.5 Å². The number of benzene rings is 2. The van der Waals surface area contributed by atoms with Crippen LogP contribution >= 0.6 is 0 Å². The molecule has 0 saturated heterocycles. The van der Waals surface area contributed by atoms with Gasteiger partial charge in [-0.15, -0.1) is 0 Å². The van der Waals surface area contributed by atoms with Crippen LogP contribution in [-0.4, -0.2) is 50.6 Å². The molecule has 3 N–H and O–H groups in total. The van der Waals surface area contributed by atoms with Crippen LogP contribution in [0.4, 0.5) is 0 Å². The van der Waals surface area contributed by atoms with E-state index in [0.717, 1.165) is 36.8 Å². The lowest BCUT2D eigenvalue weighted by molar-refractivity contribution is -0.119. The second kappa shape index (κ2) is 11.6. The Morgan fingerprint density at radius 3 is 2.28 bits per heavy atom. The van der Waals surface area contributed by atoms with Gasteiger partial charge in [0.05, 0.1) is 7.11 Å². The van der Waals surface area contributed by atoms with Crippen molar-refractivity contribution in [3.05, 3.63) is 59.7 Å². The summed E-state index contributed by atoms with van der Waals surface area (Å²) in [6.07, 6.45) is 0.807. The maximum Gasteiger partial charge on any atom is 0.255 e. The molecule has 0 radical (unpaired) electrons. The van der Waals surface area contributed by atoms with Crippen LogP contribution in [0.25, 0.3) is 0 Å². The monoisotopic (exact) mass is 398 g/mol. The first kappa shape index (κ1) is 22.1. The lowest BCUT2D eigenvalue weighted by Gasteiger charge is -2.22. The number of hydrogen-bond acceptors (Lipinski definition) is 4. The molecule has 2 aromatic carbocycles. The summed E-state index contributed by atoms with van der Waals surface area (Å²) in [6, 6.07) is 15.7. The topological polar surface area (TPSA) is 89.2 Å². The standard InChI is InChI=1S/C22H30N4O3/c1-4-24-22(26(2)15-18-7-9-19(28-3)10-8-18)25-14-13-17-5-11-20(12-6-17)29-16-21(23)27/h5-12H,4,13-16H2,1-3H3,(H2,23,27)(H,24,25). The van der Waals surface area contributed by atoms with Crippen LogP contribution in [0.5, 0.6) is 11.5 Å². The van der Waals surface area contributed by atoms with Gasteiger partial charge in [0.1, 0.15) is 11.5 Å². The summed E-state index contributed by atoms with van der Waals surface area (Å²) in [5.74, 6) is 1.86. The molecule has 156 valence electrons. The molecule has 0 aromatic heterocycles.